The summed E-state index contributed by atoms with van der Waals surface area (Å²) in [5, 5.41) is 14.6. The lowest BCUT2D eigenvalue weighted by molar-refractivity contribution is -0.136. The third kappa shape index (κ3) is 4.75. The Labute approximate surface area is 203 Å². The molecule has 0 atom stereocenters. The standard InChI is InChI=1S/C28H26N2O5/c31-25(32)15-18-6-5-7-19(14-18)30-26(33)28(12-13-28)17-29-27(34)35-16-24-22-10-3-1-8-20(22)21-9-2-4-11-23(21)24/h1-11,14,24H,12-13,15-17H2,(H,29,34)(H,30,33)(H,31,32). The molecule has 178 valence electrons. The summed E-state index contributed by atoms with van der Waals surface area (Å²) < 4.78 is 5.58. The number of carbonyl (C=O) groups is 3. The molecular formula is C28H26N2O5. The van der Waals surface area contributed by atoms with Gasteiger partial charge in [-0.05, 0) is 52.8 Å². The lowest BCUT2D eigenvalue weighted by Gasteiger charge is -2.18. The number of rotatable bonds is 8. The smallest absolute Gasteiger partial charge is 0.407 e. The van der Waals surface area contributed by atoms with Gasteiger partial charge in [-0.3, -0.25) is 9.59 Å². The van der Waals surface area contributed by atoms with E-state index < -0.39 is 17.5 Å². The molecule has 1 fully saturated rings. The number of anilines is 1. The van der Waals surface area contributed by atoms with Gasteiger partial charge in [0.15, 0.2) is 0 Å². The maximum absolute atomic E-state index is 12.9. The molecule has 2 amide bonds. The van der Waals surface area contributed by atoms with Crippen molar-refractivity contribution in [2.45, 2.75) is 25.2 Å². The predicted molar refractivity (Wildman–Crippen MR) is 131 cm³/mol. The largest absolute Gasteiger partial charge is 0.481 e. The Hall–Kier alpha value is -4.13. The second kappa shape index (κ2) is 9.25. The van der Waals surface area contributed by atoms with E-state index in [9.17, 15) is 14.4 Å². The van der Waals surface area contributed by atoms with E-state index in [1.807, 2.05) is 24.3 Å². The molecule has 0 aliphatic heterocycles. The Balaban J connectivity index is 1.16. The van der Waals surface area contributed by atoms with Crippen molar-refractivity contribution in [3.05, 3.63) is 89.5 Å². The van der Waals surface area contributed by atoms with Crippen LogP contribution in [0.4, 0.5) is 10.5 Å². The zero-order chi connectivity index (χ0) is 24.4. The molecule has 2 aliphatic rings. The number of amides is 2. The molecule has 35 heavy (non-hydrogen) atoms. The number of carboxylic acid groups (broad SMARTS) is 1. The number of carboxylic acids is 1. The van der Waals surface area contributed by atoms with Gasteiger partial charge >= 0.3 is 12.1 Å². The van der Waals surface area contributed by atoms with Crippen molar-refractivity contribution in [2.24, 2.45) is 5.41 Å². The van der Waals surface area contributed by atoms with Crippen molar-refractivity contribution in [3.8, 4) is 11.1 Å². The first-order valence-corrected chi connectivity index (χ1v) is 11.7. The quantitative estimate of drug-likeness (QED) is 0.447. The molecule has 2 aliphatic carbocycles. The third-order valence-corrected chi connectivity index (χ3v) is 6.79. The summed E-state index contributed by atoms with van der Waals surface area (Å²) in [6.45, 7) is 0.403. The van der Waals surface area contributed by atoms with Crippen LogP contribution in [0.1, 0.15) is 35.4 Å². The van der Waals surface area contributed by atoms with Crippen LogP contribution in [0, 0.1) is 5.41 Å². The first-order chi connectivity index (χ1) is 16.9. The number of benzene rings is 3. The lowest BCUT2D eigenvalue weighted by atomic mass is 9.98. The van der Waals surface area contributed by atoms with Crippen LogP contribution < -0.4 is 10.6 Å². The number of aliphatic carboxylic acids is 1. The summed E-state index contributed by atoms with van der Waals surface area (Å²) in [5.41, 5.74) is 5.10. The van der Waals surface area contributed by atoms with E-state index in [0.717, 1.165) is 22.3 Å². The second-order valence-corrected chi connectivity index (χ2v) is 9.18. The molecule has 0 bridgehead atoms. The van der Waals surface area contributed by atoms with Crippen LogP contribution in [0.5, 0.6) is 0 Å². The minimum absolute atomic E-state index is 0.0237. The Morgan fingerprint density at radius 3 is 2.20 bits per heavy atom. The van der Waals surface area contributed by atoms with Crippen LogP contribution in [0.15, 0.2) is 72.8 Å². The van der Waals surface area contributed by atoms with Gasteiger partial charge in [0.25, 0.3) is 0 Å². The van der Waals surface area contributed by atoms with Crippen LogP contribution in [-0.2, 0) is 20.7 Å². The molecule has 0 heterocycles. The SMILES string of the molecule is O=C(O)Cc1cccc(NC(=O)C2(CNC(=O)OCC3c4ccccc4-c4ccccc43)CC2)c1. The van der Waals surface area contributed by atoms with Gasteiger partial charge in [0, 0.05) is 18.2 Å². The van der Waals surface area contributed by atoms with Crippen LogP contribution in [0.2, 0.25) is 0 Å². The highest BCUT2D eigenvalue weighted by Gasteiger charge is 2.50. The average Bonchev–Trinajstić information content (AvgIpc) is 3.58. The van der Waals surface area contributed by atoms with Gasteiger partial charge < -0.3 is 20.5 Å². The number of alkyl carbamates (subject to hydrolysis) is 1. The summed E-state index contributed by atoms with van der Waals surface area (Å²) in [6.07, 6.45) is 0.668. The van der Waals surface area contributed by atoms with Crippen molar-refractivity contribution in [2.75, 3.05) is 18.5 Å². The molecule has 0 unspecified atom stereocenters. The van der Waals surface area contributed by atoms with E-state index in [2.05, 4.69) is 34.9 Å². The van der Waals surface area contributed by atoms with Crippen LogP contribution in [-0.4, -0.2) is 36.2 Å². The number of hydrogen-bond acceptors (Lipinski definition) is 4. The molecule has 0 spiro atoms. The summed E-state index contributed by atoms with van der Waals surface area (Å²) in [6, 6.07) is 23.1. The Kier molecular flexibility index (Phi) is 5.99. The van der Waals surface area contributed by atoms with Gasteiger partial charge in [0.1, 0.15) is 6.61 Å². The molecular weight excluding hydrogens is 444 g/mol. The van der Waals surface area contributed by atoms with E-state index in [1.54, 1.807) is 24.3 Å². The molecule has 3 aromatic rings. The fraction of sp³-hybridized carbons (Fsp3) is 0.250. The fourth-order valence-corrected chi connectivity index (χ4v) is 4.72. The highest BCUT2D eigenvalue weighted by Crippen LogP contribution is 2.46. The average molecular weight is 471 g/mol. The molecule has 3 aromatic carbocycles. The fourth-order valence-electron chi connectivity index (χ4n) is 4.72. The molecule has 0 radical (unpaired) electrons. The Morgan fingerprint density at radius 2 is 1.57 bits per heavy atom. The molecule has 3 N–H and O–H groups in total. The normalized spacial score (nSPS) is 15.0. The monoisotopic (exact) mass is 470 g/mol. The third-order valence-electron chi connectivity index (χ3n) is 6.79. The first-order valence-electron chi connectivity index (χ1n) is 11.7. The maximum Gasteiger partial charge on any atom is 0.407 e. The van der Waals surface area contributed by atoms with Crippen LogP contribution in [0.3, 0.4) is 0 Å². The topological polar surface area (TPSA) is 105 Å². The maximum atomic E-state index is 12.9. The molecule has 1 saturated carbocycles. The molecule has 7 nitrogen and oxygen atoms in total. The van der Waals surface area contributed by atoms with E-state index in [4.69, 9.17) is 9.84 Å². The molecule has 0 aromatic heterocycles. The molecule has 5 rings (SSSR count). The van der Waals surface area contributed by atoms with Gasteiger partial charge in [0.05, 0.1) is 11.8 Å². The highest BCUT2D eigenvalue weighted by molar-refractivity contribution is 5.97. The summed E-state index contributed by atoms with van der Waals surface area (Å²) >= 11 is 0. The summed E-state index contributed by atoms with van der Waals surface area (Å²) in [5.74, 6) is -1.15. The number of nitrogens with one attached hydrogen (secondary N) is 2. The van der Waals surface area contributed by atoms with Crippen molar-refractivity contribution < 1.29 is 24.2 Å². The van der Waals surface area contributed by atoms with Crippen molar-refractivity contribution >= 4 is 23.7 Å². The summed E-state index contributed by atoms with van der Waals surface area (Å²) in [7, 11) is 0. The zero-order valence-electron chi connectivity index (χ0n) is 19.1. The van der Waals surface area contributed by atoms with Gasteiger partial charge in [-0.15, -0.1) is 0 Å². The van der Waals surface area contributed by atoms with Crippen molar-refractivity contribution in [3.63, 3.8) is 0 Å². The van der Waals surface area contributed by atoms with Gasteiger partial charge in [-0.25, -0.2) is 4.79 Å². The van der Waals surface area contributed by atoms with E-state index >= 15 is 0 Å². The van der Waals surface area contributed by atoms with Gasteiger partial charge in [-0.2, -0.15) is 0 Å². The van der Waals surface area contributed by atoms with Crippen LogP contribution >= 0.6 is 0 Å². The summed E-state index contributed by atoms with van der Waals surface area (Å²) in [4.78, 5) is 36.3. The van der Waals surface area contributed by atoms with Crippen LogP contribution in [0.25, 0.3) is 11.1 Å². The number of carbonyl (C=O) groups excluding carboxylic acids is 2. The zero-order valence-corrected chi connectivity index (χ0v) is 19.1. The minimum atomic E-state index is -0.931. The Morgan fingerprint density at radius 1 is 0.914 bits per heavy atom. The van der Waals surface area contributed by atoms with Crippen molar-refractivity contribution in [1.82, 2.24) is 5.32 Å². The number of ether oxygens (including phenoxy) is 1. The van der Waals surface area contributed by atoms with E-state index in [1.165, 1.54) is 0 Å². The second-order valence-electron chi connectivity index (χ2n) is 9.18. The van der Waals surface area contributed by atoms with Gasteiger partial charge in [-0.1, -0.05) is 60.7 Å². The Bertz CT molecular complexity index is 1250. The number of fused-ring (bicyclic) bond motifs is 3. The van der Waals surface area contributed by atoms with E-state index in [0.29, 0.717) is 24.1 Å². The van der Waals surface area contributed by atoms with Crippen molar-refractivity contribution in [1.29, 1.82) is 0 Å². The number of hydrogen-bond donors (Lipinski definition) is 3. The molecule has 0 saturated heterocycles. The van der Waals surface area contributed by atoms with E-state index in [-0.39, 0.29) is 31.4 Å². The lowest BCUT2D eigenvalue weighted by Crippen LogP contribution is -2.37. The predicted octanol–water partition coefficient (Wildman–Crippen LogP) is 4.57. The minimum Gasteiger partial charge on any atom is -0.481 e. The first kappa shape index (κ1) is 22.7. The molecule has 7 heteroatoms. The van der Waals surface area contributed by atoms with Gasteiger partial charge in [0.2, 0.25) is 5.91 Å². The highest BCUT2D eigenvalue weighted by atomic mass is 16.5.